The summed E-state index contributed by atoms with van der Waals surface area (Å²) in [6.45, 7) is 8.13. The molecule has 9 heteroatoms. The second kappa shape index (κ2) is 12.8. The Balaban J connectivity index is 1.59. The van der Waals surface area contributed by atoms with Crippen LogP contribution in [0.3, 0.4) is 0 Å². The summed E-state index contributed by atoms with van der Waals surface area (Å²) in [5.41, 5.74) is 3.02. The van der Waals surface area contributed by atoms with Crippen LogP contribution >= 0.6 is 22.9 Å². The number of fused-ring (bicyclic) bond motifs is 1. The van der Waals surface area contributed by atoms with Crippen molar-refractivity contribution in [2.45, 2.75) is 46.4 Å². The zero-order valence-electron chi connectivity index (χ0n) is 23.8. The molecule has 42 heavy (non-hydrogen) atoms. The number of aromatic nitrogens is 1. The van der Waals surface area contributed by atoms with E-state index in [9.17, 15) is 9.59 Å². The second-order valence-corrected chi connectivity index (χ2v) is 11.4. The lowest BCUT2D eigenvalue weighted by molar-refractivity contribution is -0.143. The van der Waals surface area contributed by atoms with Crippen LogP contribution in [0.25, 0.3) is 6.08 Å². The third-order valence-corrected chi connectivity index (χ3v) is 7.80. The predicted molar refractivity (Wildman–Crippen MR) is 165 cm³/mol. The molecular formula is C33H31ClN2O5S. The van der Waals surface area contributed by atoms with Crippen LogP contribution in [0.4, 0.5) is 0 Å². The summed E-state index contributed by atoms with van der Waals surface area (Å²) in [6.07, 6.45) is 1.48. The van der Waals surface area contributed by atoms with E-state index in [4.69, 9.17) is 25.8 Å². The molecule has 0 fully saturated rings. The lowest BCUT2D eigenvalue weighted by atomic mass is 9.96. The Bertz CT molecular complexity index is 1820. The van der Waals surface area contributed by atoms with Gasteiger partial charge in [-0.2, -0.15) is 0 Å². The Kier molecular flexibility index (Phi) is 8.94. The molecule has 0 amide bonds. The molecular weight excluding hydrogens is 572 g/mol. The number of rotatable bonds is 9. The maximum atomic E-state index is 14.0. The van der Waals surface area contributed by atoms with Crippen molar-refractivity contribution in [1.29, 1.82) is 0 Å². The van der Waals surface area contributed by atoms with Crippen LogP contribution in [0.2, 0.25) is 5.02 Å². The zero-order chi connectivity index (χ0) is 29.8. The van der Waals surface area contributed by atoms with Crippen molar-refractivity contribution in [3.63, 3.8) is 0 Å². The highest BCUT2D eigenvalue weighted by Crippen LogP contribution is 2.32. The molecule has 1 aromatic heterocycles. The Morgan fingerprint density at radius 2 is 1.83 bits per heavy atom. The van der Waals surface area contributed by atoms with E-state index < -0.39 is 12.0 Å². The minimum absolute atomic E-state index is 0.260. The number of nitrogens with zero attached hydrogens (tertiary/aromatic N) is 2. The SMILES string of the molecule is CCOc1ccc([C@@H]2C(C(=O)OC(C)C)=C(C)N=c3s/c(=C/c4ccccc4OCc4cccc(Cl)c4)c(=O)n32)cc1. The Hall–Kier alpha value is -4.14. The minimum atomic E-state index is -0.709. The molecule has 5 rings (SSSR count). The molecule has 7 nitrogen and oxygen atoms in total. The molecule has 1 aliphatic rings. The van der Waals surface area contributed by atoms with Gasteiger partial charge in [-0.25, -0.2) is 9.79 Å². The third kappa shape index (κ3) is 6.35. The fraction of sp³-hybridized carbons (Fsp3) is 0.242. The molecule has 216 valence electrons. The quantitative estimate of drug-likeness (QED) is 0.226. The number of carbonyl (C=O) groups is 1. The monoisotopic (exact) mass is 602 g/mol. The number of benzene rings is 3. The first kappa shape index (κ1) is 29.4. The van der Waals surface area contributed by atoms with E-state index in [-0.39, 0.29) is 11.7 Å². The van der Waals surface area contributed by atoms with Crippen molar-refractivity contribution in [1.82, 2.24) is 4.57 Å². The van der Waals surface area contributed by atoms with Crippen molar-refractivity contribution in [3.05, 3.63) is 125 Å². The lowest BCUT2D eigenvalue weighted by Crippen LogP contribution is -2.40. The first-order valence-corrected chi connectivity index (χ1v) is 14.9. The summed E-state index contributed by atoms with van der Waals surface area (Å²) in [6, 6.07) is 21.7. The van der Waals surface area contributed by atoms with Crippen LogP contribution in [0, 0.1) is 0 Å². The van der Waals surface area contributed by atoms with Gasteiger partial charge in [-0.05, 0) is 75.2 Å². The van der Waals surface area contributed by atoms with Gasteiger partial charge >= 0.3 is 5.97 Å². The number of carbonyl (C=O) groups excluding carboxylic acids is 1. The number of ether oxygens (including phenoxy) is 3. The molecule has 2 heterocycles. The van der Waals surface area contributed by atoms with E-state index in [1.165, 1.54) is 11.3 Å². The van der Waals surface area contributed by atoms with Gasteiger partial charge in [-0.15, -0.1) is 0 Å². The highest BCUT2D eigenvalue weighted by atomic mass is 35.5. The topological polar surface area (TPSA) is 79.1 Å². The van der Waals surface area contributed by atoms with Gasteiger partial charge in [0, 0.05) is 10.6 Å². The number of hydrogen-bond acceptors (Lipinski definition) is 7. The first-order chi connectivity index (χ1) is 20.2. The van der Waals surface area contributed by atoms with E-state index in [2.05, 4.69) is 4.99 Å². The van der Waals surface area contributed by atoms with Crippen LogP contribution in [-0.2, 0) is 16.1 Å². The molecule has 4 aromatic rings. The highest BCUT2D eigenvalue weighted by molar-refractivity contribution is 7.07. The molecule has 0 radical (unpaired) electrons. The summed E-state index contributed by atoms with van der Waals surface area (Å²) in [7, 11) is 0. The molecule has 0 saturated carbocycles. The number of esters is 1. The van der Waals surface area contributed by atoms with Gasteiger partial charge in [0.2, 0.25) is 0 Å². The van der Waals surface area contributed by atoms with Crippen molar-refractivity contribution < 1.29 is 19.0 Å². The van der Waals surface area contributed by atoms with E-state index in [1.54, 1.807) is 31.4 Å². The smallest absolute Gasteiger partial charge is 0.338 e. The zero-order valence-corrected chi connectivity index (χ0v) is 25.4. The van der Waals surface area contributed by atoms with E-state index in [1.807, 2.05) is 79.7 Å². The van der Waals surface area contributed by atoms with Crippen molar-refractivity contribution in [3.8, 4) is 11.5 Å². The Morgan fingerprint density at radius 1 is 1.07 bits per heavy atom. The molecule has 0 spiro atoms. The summed E-state index contributed by atoms with van der Waals surface area (Å²) in [4.78, 5) is 32.5. The van der Waals surface area contributed by atoms with Gasteiger partial charge in [-0.1, -0.05) is 65.4 Å². The van der Waals surface area contributed by atoms with E-state index in [0.717, 1.165) is 16.7 Å². The number of thiazole rings is 1. The highest BCUT2D eigenvalue weighted by Gasteiger charge is 2.33. The molecule has 0 aliphatic carbocycles. The maximum Gasteiger partial charge on any atom is 0.338 e. The van der Waals surface area contributed by atoms with Gasteiger partial charge in [0.05, 0.1) is 34.6 Å². The standard InChI is InChI=1S/C33H31ClN2O5S/c1-5-39-26-15-13-23(14-16-26)30-29(32(38)41-20(2)3)21(4)35-33-36(30)31(37)28(42-33)18-24-10-6-7-12-27(24)40-19-22-9-8-11-25(34)17-22/h6-18,20,30H,5,19H2,1-4H3/b28-18+/t30-/m1/s1. The summed E-state index contributed by atoms with van der Waals surface area (Å²) < 4.78 is 19.4. The first-order valence-electron chi connectivity index (χ1n) is 13.7. The minimum Gasteiger partial charge on any atom is -0.494 e. The largest absolute Gasteiger partial charge is 0.494 e. The van der Waals surface area contributed by atoms with Gasteiger partial charge < -0.3 is 14.2 Å². The van der Waals surface area contributed by atoms with E-state index >= 15 is 0 Å². The number of halogens is 1. The maximum absolute atomic E-state index is 14.0. The summed E-state index contributed by atoms with van der Waals surface area (Å²) in [5.74, 6) is 0.831. The molecule has 1 atom stereocenters. The predicted octanol–water partition coefficient (Wildman–Crippen LogP) is 5.82. The second-order valence-electron chi connectivity index (χ2n) is 9.99. The molecule has 0 unspecified atom stereocenters. The normalized spacial score (nSPS) is 14.9. The fourth-order valence-corrected chi connectivity index (χ4v) is 6.00. The van der Waals surface area contributed by atoms with Crippen LogP contribution in [0.1, 0.15) is 50.4 Å². The molecule has 0 saturated heterocycles. The number of hydrogen-bond donors (Lipinski definition) is 0. The van der Waals surface area contributed by atoms with Crippen LogP contribution in [-0.4, -0.2) is 23.2 Å². The van der Waals surface area contributed by atoms with Gasteiger partial charge in [-0.3, -0.25) is 9.36 Å². The van der Waals surface area contributed by atoms with Crippen LogP contribution < -0.4 is 24.4 Å². The van der Waals surface area contributed by atoms with Crippen molar-refractivity contribution in [2.75, 3.05) is 6.61 Å². The van der Waals surface area contributed by atoms with E-state index in [0.29, 0.717) is 50.3 Å². The molecule has 0 N–H and O–H groups in total. The number of para-hydroxylation sites is 1. The van der Waals surface area contributed by atoms with Crippen LogP contribution in [0.5, 0.6) is 11.5 Å². The molecule has 1 aliphatic heterocycles. The number of allylic oxidation sites excluding steroid dienone is 1. The van der Waals surface area contributed by atoms with Gasteiger partial charge in [0.25, 0.3) is 5.56 Å². The average Bonchev–Trinajstić information content (AvgIpc) is 3.26. The van der Waals surface area contributed by atoms with Gasteiger partial charge in [0.1, 0.15) is 18.1 Å². The van der Waals surface area contributed by atoms with Crippen molar-refractivity contribution in [2.24, 2.45) is 4.99 Å². The molecule has 3 aromatic carbocycles. The van der Waals surface area contributed by atoms with Gasteiger partial charge in [0.15, 0.2) is 4.80 Å². The average molecular weight is 603 g/mol. The third-order valence-electron chi connectivity index (χ3n) is 6.58. The fourth-order valence-electron chi connectivity index (χ4n) is 4.75. The molecule has 0 bridgehead atoms. The van der Waals surface area contributed by atoms with Crippen molar-refractivity contribution >= 4 is 35.0 Å². The summed E-state index contributed by atoms with van der Waals surface area (Å²) >= 11 is 7.40. The Morgan fingerprint density at radius 3 is 2.55 bits per heavy atom. The summed E-state index contributed by atoms with van der Waals surface area (Å²) in [5, 5.41) is 0.638. The lowest BCUT2D eigenvalue weighted by Gasteiger charge is -2.25. The van der Waals surface area contributed by atoms with Crippen LogP contribution in [0.15, 0.2) is 93.9 Å². The Labute approximate surface area is 253 Å².